The summed E-state index contributed by atoms with van der Waals surface area (Å²) in [6.07, 6.45) is 1.01. The van der Waals surface area contributed by atoms with E-state index < -0.39 is 5.54 Å². The zero-order valence-electron chi connectivity index (χ0n) is 16.0. The standard InChI is InChI=1S/C19H31N3O2.2ClH/c1-4-21(5-2)13-14-24-17-11-12-22(15-17)18(23)19(3,20)16-9-7-6-8-10-16;;/h6-10,17H,4-5,11-15,20H2,1-3H3;2*1H. The first-order valence-electron chi connectivity index (χ1n) is 8.96. The van der Waals surface area contributed by atoms with E-state index >= 15 is 0 Å². The Morgan fingerprint density at radius 1 is 1.27 bits per heavy atom. The van der Waals surface area contributed by atoms with E-state index in [0.29, 0.717) is 19.7 Å². The second-order valence-corrected chi connectivity index (χ2v) is 6.63. The molecule has 26 heavy (non-hydrogen) atoms. The van der Waals surface area contributed by atoms with Crippen LogP contribution in [0.15, 0.2) is 30.3 Å². The van der Waals surface area contributed by atoms with Crippen LogP contribution in [0.1, 0.15) is 32.8 Å². The highest BCUT2D eigenvalue weighted by molar-refractivity contribution is 5.87. The van der Waals surface area contributed by atoms with Gasteiger partial charge in [0.05, 0.1) is 12.7 Å². The molecule has 0 aromatic heterocycles. The molecule has 1 amide bonds. The maximum absolute atomic E-state index is 12.8. The summed E-state index contributed by atoms with van der Waals surface area (Å²) >= 11 is 0. The summed E-state index contributed by atoms with van der Waals surface area (Å²) in [5.74, 6) is -0.0245. The van der Waals surface area contributed by atoms with Crippen molar-refractivity contribution in [3.8, 4) is 0 Å². The molecule has 1 fully saturated rings. The Morgan fingerprint density at radius 2 is 1.88 bits per heavy atom. The zero-order chi connectivity index (χ0) is 17.6. The van der Waals surface area contributed by atoms with Crippen LogP contribution in [0, 0.1) is 0 Å². The number of likely N-dealkylation sites (tertiary alicyclic amines) is 1. The minimum atomic E-state index is -0.989. The second-order valence-electron chi connectivity index (χ2n) is 6.63. The summed E-state index contributed by atoms with van der Waals surface area (Å²) in [5, 5.41) is 0. The third kappa shape index (κ3) is 6.39. The van der Waals surface area contributed by atoms with Crippen molar-refractivity contribution >= 4 is 30.7 Å². The number of ether oxygens (including phenoxy) is 1. The number of nitrogens with zero attached hydrogens (tertiary/aromatic N) is 2. The predicted octanol–water partition coefficient (Wildman–Crippen LogP) is 2.66. The van der Waals surface area contributed by atoms with Gasteiger partial charge in [0, 0.05) is 19.6 Å². The molecule has 0 aliphatic carbocycles. The lowest BCUT2D eigenvalue weighted by Gasteiger charge is -2.29. The average Bonchev–Trinajstić information content (AvgIpc) is 3.07. The van der Waals surface area contributed by atoms with Gasteiger partial charge >= 0.3 is 0 Å². The van der Waals surface area contributed by atoms with E-state index in [9.17, 15) is 4.79 Å². The Bertz CT molecular complexity index is 525. The van der Waals surface area contributed by atoms with Gasteiger partial charge in [0.15, 0.2) is 0 Å². The number of amides is 1. The first-order chi connectivity index (χ1) is 11.5. The van der Waals surface area contributed by atoms with E-state index in [1.165, 1.54) is 0 Å². The molecule has 2 rings (SSSR count). The number of carbonyl (C=O) groups is 1. The van der Waals surface area contributed by atoms with Crippen LogP contribution in [-0.2, 0) is 15.1 Å². The Kier molecular flexibility index (Phi) is 11.4. The third-order valence-corrected chi connectivity index (χ3v) is 4.91. The first-order valence-corrected chi connectivity index (χ1v) is 8.96. The largest absolute Gasteiger partial charge is 0.375 e. The molecule has 1 heterocycles. The van der Waals surface area contributed by atoms with Crippen LogP contribution in [0.25, 0.3) is 0 Å². The van der Waals surface area contributed by atoms with Gasteiger partial charge in [-0.2, -0.15) is 0 Å². The third-order valence-electron chi connectivity index (χ3n) is 4.91. The number of rotatable bonds is 8. The SMILES string of the molecule is CCN(CC)CCOC1CCN(C(=O)C(C)(N)c2ccccc2)C1.Cl.Cl. The van der Waals surface area contributed by atoms with Crippen LogP contribution in [-0.4, -0.2) is 61.1 Å². The molecule has 7 heteroatoms. The van der Waals surface area contributed by atoms with Crippen LogP contribution in [0.5, 0.6) is 0 Å². The Morgan fingerprint density at radius 3 is 2.46 bits per heavy atom. The van der Waals surface area contributed by atoms with Crippen molar-refractivity contribution in [3.05, 3.63) is 35.9 Å². The molecule has 1 aliphatic rings. The molecule has 2 N–H and O–H groups in total. The highest BCUT2D eigenvalue weighted by Gasteiger charge is 2.37. The lowest BCUT2D eigenvalue weighted by Crippen LogP contribution is -2.50. The van der Waals surface area contributed by atoms with Gasteiger partial charge in [-0.3, -0.25) is 4.79 Å². The maximum Gasteiger partial charge on any atom is 0.247 e. The Labute approximate surface area is 170 Å². The van der Waals surface area contributed by atoms with Gasteiger partial charge < -0.3 is 20.3 Å². The summed E-state index contributed by atoms with van der Waals surface area (Å²) < 4.78 is 5.96. The molecular formula is C19H33Cl2N3O2. The van der Waals surface area contributed by atoms with E-state index in [1.54, 1.807) is 6.92 Å². The Balaban J connectivity index is 0.00000312. The number of likely N-dealkylation sites (N-methyl/N-ethyl adjacent to an activating group) is 1. The minimum absolute atomic E-state index is 0. The molecule has 150 valence electrons. The minimum Gasteiger partial charge on any atom is -0.375 e. The average molecular weight is 406 g/mol. The fourth-order valence-corrected chi connectivity index (χ4v) is 3.17. The van der Waals surface area contributed by atoms with Crippen molar-refractivity contribution in [3.63, 3.8) is 0 Å². The van der Waals surface area contributed by atoms with E-state index in [0.717, 1.165) is 31.6 Å². The number of nitrogens with two attached hydrogens (primary N) is 1. The van der Waals surface area contributed by atoms with Gasteiger partial charge in [-0.1, -0.05) is 44.2 Å². The smallest absolute Gasteiger partial charge is 0.247 e. The fraction of sp³-hybridized carbons (Fsp3) is 0.632. The molecule has 1 aromatic carbocycles. The summed E-state index contributed by atoms with van der Waals surface area (Å²) in [6.45, 7) is 11.2. The molecule has 2 unspecified atom stereocenters. The topological polar surface area (TPSA) is 58.8 Å². The van der Waals surface area contributed by atoms with Crippen LogP contribution in [0.4, 0.5) is 0 Å². The lowest BCUT2D eigenvalue weighted by atomic mass is 9.92. The van der Waals surface area contributed by atoms with Crippen molar-refractivity contribution in [2.75, 3.05) is 39.3 Å². The number of hydrogen-bond acceptors (Lipinski definition) is 4. The number of hydrogen-bond donors (Lipinski definition) is 1. The monoisotopic (exact) mass is 405 g/mol. The molecule has 0 bridgehead atoms. The molecule has 0 saturated carbocycles. The van der Waals surface area contributed by atoms with Gasteiger partial charge in [-0.05, 0) is 32.0 Å². The van der Waals surface area contributed by atoms with E-state index in [2.05, 4.69) is 18.7 Å². The summed E-state index contributed by atoms with van der Waals surface area (Å²) in [6, 6.07) is 9.57. The van der Waals surface area contributed by atoms with Gasteiger partial charge in [-0.25, -0.2) is 0 Å². The molecule has 0 spiro atoms. The molecule has 0 radical (unpaired) electrons. The second kappa shape index (κ2) is 11.8. The molecule has 5 nitrogen and oxygen atoms in total. The Hall–Kier alpha value is -0.850. The predicted molar refractivity (Wildman–Crippen MR) is 111 cm³/mol. The fourth-order valence-electron chi connectivity index (χ4n) is 3.17. The van der Waals surface area contributed by atoms with Gasteiger partial charge in [0.25, 0.3) is 0 Å². The molecule has 1 saturated heterocycles. The number of halogens is 2. The van der Waals surface area contributed by atoms with Crippen LogP contribution in [0.3, 0.4) is 0 Å². The highest BCUT2D eigenvalue weighted by atomic mass is 35.5. The summed E-state index contributed by atoms with van der Waals surface area (Å²) in [7, 11) is 0. The van der Waals surface area contributed by atoms with E-state index in [-0.39, 0.29) is 36.8 Å². The van der Waals surface area contributed by atoms with Crippen molar-refractivity contribution < 1.29 is 9.53 Å². The van der Waals surface area contributed by atoms with Crippen LogP contribution >= 0.6 is 24.8 Å². The maximum atomic E-state index is 12.8. The molecular weight excluding hydrogens is 373 g/mol. The van der Waals surface area contributed by atoms with Gasteiger partial charge in [0.1, 0.15) is 5.54 Å². The van der Waals surface area contributed by atoms with E-state index in [1.807, 2.05) is 35.2 Å². The first kappa shape index (κ1) is 25.1. The van der Waals surface area contributed by atoms with Crippen LogP contribution < -0.4 is 5.73 Å². The van der Waals surface area contributed by atoms with Gasteiger partial charge in [-0.15, -0.1) is 24.8 Å². The van der Waals surface area contributed by atoms with Crippen LogP contribution in [0.2, 0.25) is 0 Å². The highest BCUT2D eigenvalue weighted by Crippen LogP contribution is 2.23. The van der Waals surface area contributed by atoms with Crippen molar-refractivity contribution in [1.82, 2.24) is 9.80 Å². The summed E-state index contributed by atoms with van der Waals surface area (Å²) in [4.78, 5) is 17.0. The number of benzene rings is 1. The van der Waals surface area contributed by atoms with Crippen molar-refractivity contribution in [1.29, 1.82) is 0 Å². The van der Waals surface area contributed by atoms with E-state index in [4.69, 9.17) is 10.5 Å². The summed E-state index contributed by atoms with van der Waals surface area (Å²) in [5.41, 5.74) is 6.20. The van der Waals surface area contributed by atoms with Gasteiger partial charge in [0.2, 0.25) is 5.91 Å². The normalized spacial score (nSPS) is 18.8. The number of carbonyl (C=O) groups excluding carboxylic acids is 1. The molecule has 1 aliphatic heterocycles. The zero-order valence-corrected chi connectivity index (χ0v) is 17.7. The quantitative estimate of drug-likeness (QED) is 0.721. The molecule has 2 atom stereocenters. The lowest BCUT2D eigenvalue weighted by molar-refractivity contribution is -0.136. The van der Waals surface area contributed by atoms with Crippen molar-refractivity contribution in [2.24, 2.45) is 5.73 Å². The van der Waals surface area contributed by atoms with Crippen molar-refractivity contribution in [2.45, 2.75) is 38.8 Å². The molecule has 1 aromatic rings.